The second kappa shape index (κ2) is 9.80. The minimum Gasteiger partial charge on any atom is -0.493 e. The number of allylic oxidation sites excluding steroid dienone is 1. The fourth-order valence-corrected chi connectivity index (χ4v) is 3.84. The molecule has 35 heavy (non-hydrogen) atoms. The molecule has 0 saturated carbocycles. The molecule has 8 heteroatoms. The van der Waals surface area contributed by atoms with E-state index in [0.29, 0.717) is 40.3 Å². The molecule has 0 radical (unpaired) electrons. The smallest absolute Gasteiger partial charge is 0.269 e. The predicted octanol–water partition coefficient (Wildman–Crippen LogP) is 6.90. The topological polar surface area (TPSA) is 94.6 Å². The Morgan fingerprint density at radius 2 is 1.91 bits per heavy atom. The van der Waals surface area contributed by atoms with Crippen molar-refractivity contribution in [2.45, 2.75) is 20.8 Å². The van der Waals surface area contributed by atoms with Crippen molar-refractivity contribution in [1.29, 1.82) is 0 Å². The number of amides is 1. The maximum absolute atomic E-state index is 13.4. The zero-order valence-electron chi connectivity index (χ0n) is 19.4. The standard InChI is InChI=1S/C27H23FN2O5/c1-4-34-25-14-26-22(23(15-35-26)18-5-7-19(28)8-6-18)13-21(25)16(2)12-27(31)29-24-10-9-20(30(32)33)11-17(24)3/h5-15H,4H2,1-3H3,(H,29,31)/b16-12+. The Bertz CT molecular complexity index is 1450. The van der Waals surface area contributed by atoms with Crippen LogP contribution in [0.25, 0.3) is 27.7 Å². The van der Waals surface area contributed by atoms with Crippen LogP contribution in [-0.2, 0) is 4.79 Å². The lowest BCUT2D eigenvalue weighted by molar-refractivity contribution is -0.384. The molecular formula is C27H23FN2O5. The molecule has 0 atom stereocenters. The second-order valence-corrected chi connectivity index (χ2v) is 8.01. The molecule has 0 saturated heterocycles. The third-order valence-electron chi connectivity index (χ3n) is 5.58. The number of ether oxygens (including phenoxy) is 1. The summed E-state index contributed by atoms with van der Waals surface area (Å²) in [6.45, 7) is 5.77. The monoisotopic (exact) mass is 474 g/mol. The number of furan rings is 1. The Morgan fingerprint density at radius 3 is 2.57 bits per heavy atom. The molecule has 0 aliphatic carbocycles. The number of carbonyl (C=O) groups excluding carboxylic acids is 1. The van der Waals surface area contributed by atoms with Gasteiger partial charge in [-0.1, -0.05) is 12.1 Å². The fraction of sp³-hybridized carbons (Fsp3) is 0.148. The number of halogens is 1. The Morgan fingerprint density at radius 1 is 1.17 bits per heavy atom. The van der Waals surface area contributed by atoms with E-state index in [1.54, 1.807) is 38.3 Å². The van der Waals surface area contributed by atoms with Gasteiger partial charge in [0.2, 0.25) is 5.91 Å². The van der Waals surface area contributed by atoms with Crippen molar-refractivity contribution in [3.8, 4) is 16.9 Å². The van der Waals surface area contributed by atoms with Crippen molar-refractivity contribution < 1.29 is 23.3 Å². The van der Waals surface area contributed by atoms with Gasteiger partial charge in [0, 0.05) is 46.5 Å². The minimum absolute atomic E-state index is 0.0426. The van der Waals surface area contributed by atoms with Crippen LogP contribution in [0.1, 0.15) is 25.0 Å². The number of hydrogen-bond acceptors (Lipinski definition) is 5. The van der Waals surface area contributed by atoms with E-state index in [9.17, 15) is 19.3 Å². The molecule has 1 N–H and O–H groups in total. The van der Waals surface area contributed by atoms with Crippen LogP contribution < -0.4 is 10.1 Å². The third kappa shape index (κ3) is 5.06. The molecule has 1 amide bonds. The van der Waals surface area contributed by atoms with E-state index in [4.69, 9.17) is 9.15 Å². The first kappa shape index (κ1) is 23.7. The molecule has 4 rings (SSSR count). The van der Waals surface area contributed by atoms with Gasteiger partial charge in [-0.3, -0.25) is 14.9 Å². The highest BCUT2D eigenvalue weighted by Crippen LogP contribution is 2.37. The maximum Gasteiger partial charge on any atom is 0.269 e. The highest BCUT2D eigenvalue weighted by atomic mass is 19.1. The van der Waals surface area contributed by atoms with Gasteiger partial charge in [0.1, 0.15) is 17.1 Å². The normalized spacial score (nSPS) is 11.5. The average molecular weight is 474 g/mol. The number of fused-ring (bicyclic) bond motifs is 1. The summed E-state index contributed by atoms with van der Waals surface area (Å²) in [6, 6.07) is 14.1. The van der Waals surface area contributed by atoms with Crippen LogP contribution in [0.15, 0.2) is 71.4 Å². The van der Waals surface area contributed by atoms with Crippen LogP contribution in [0.4, 0.5) is 15.8 Å². The first-order valence-electron chi connectivity index (χ1n) is 11.0. The second-order valence-electron chi connectivity index (χ2n) is 8.01. The molecule has 0 unspecified atom stereocenters. The molecule has 7 nitrogen and oxygen atoms in total. The first-order chi connectivity index (χ1) is 16.8. The summed E-state index contributed by atoms with van der Waals surface area (Å²) >= 11 is 0. The number of nitro groups is 1. The van der Waals surface area contributed by atoms with Crippen molar-refractivity contribution >= 4 is 33.8 Å². The van der Waals surface area contributed by atoms with Gasteiger partial charge >= 0.3 is 0 Å². The number of aryl methyl sites for hydroxylation is 1. The van der Waals surface area contributed by atoms with Crippen molar-refractivity contribution in [3.63, 3.8) is 0 Å². The number of benzene rings is 3. The van der Waals surface area contributed by atoms with Gasteiger partial charge in [0.15, 0.2) is 0 Å². The summed E-state index contributed by atoms with van der Waals surface area (Å²) in [6.07, 6.45) is 3.06. The molecule has 1 heterocycles. The van der Waals surface area contributed by atoms with E-state index >= 15 is 0 Å². The van der Waals surface area contributed by atoms with Crippen LogP contribution in [0, 0.1) is 22.9 Å². The number of carbonyl (C=O) groups is 1. The molecule has 0 bridgehead atoms. The largest absolute Gasteiger partial charge is 0.493 e. The minimum atomic E-state index is -0.482. The third-order valence-corrected chi connectivity index (χ3v) is 5.58. The number of non-ortho nitro benzene ring substituents is 1. The van der Waals surface area contributed by atoms with E-state index in [0.717, 1.165) is 16.5 Å². The van der Waals surface area contributed by atoms with Crippen molar-refractivity contribution in [3.05, 3.63) is 94.0 Å². The Hall–Kier alpha value is -4.46. The summed E-state index contributed by atoms with van der Waals surface area (Å²) in [5, 5.41) is 14.5. The van der Waals surface area contributed by atoms with Gasteiger partial charge in [0.25, 0.3) is 5.69 Å². The molecule has 1 aromatic heterocycles. The Labute approximate surface area is 201 Å². The van der Waals surface area contributed by atoms with Gasteiger partial charge in [0.05, 0.1) is 17.8 Å². The van der Waals surface area contributed by atoms with Crippen molar-refractivity contribution in [1.82, 2.24) is 0 Å². The Balaban J connectivity index is 1.69. The lowest BCUT2D eigenvalue weighted by atomic mass is 9.99. The molecule has 3 aromatic carbocycles. The number of nitro benzene ring substituents is 1. The fourth-order valence-electron chi connectivity index (χ4n) is 3.84. The predicted molar refractivity (Wildman–Crippen MR) is 133 cm³/mol. The van der Waals surface area contributed by atoms with Gasteiger partial charge in [-0.05, 0) is 61.7 Å². The van der Waals surface area contributed by atoms with E-state index < -0.39 is 4.92 Å². The SMILES string of the molecule is CCOc1cc2occ(-c3ccc(F)cc3)c2cc1/C(C)=C/C(=O)Nc1ccc([N+](=O)[O-])cc1C. The average Bonchev–Trinajstić information content (AvgIpc) is 3.23. The summed E-state index contributed by atoms with van der Waals surface area (Å²) in [5.74, 6) is -0.144. The Kier molecular flexibility index (Phi) is 6.64. The van der Waals surface area contributed by atoms with Crippen LogP contribution in [0.5, 0.6) is 5.75 Å². The highest BCUT2D eigenvalue weighted by molar-refractivity contribution is 6.05. The molecule has 0 fully saturated rings. The van der Waals surface area contributed by atoms with Crippen LogP contribution >= 0.6 is 0 Å². The maximum atomic E-state index is 13.4. The number of nitrogens with one attached hydrogen (secondary N) is 1. The molecule has 0 aliphatic rings. The van der Waals surface area contributed by atoms with Crippen LogP contribution in [0.2, 0.25) is 0 Å². The zero-order valence-corrected chi connectivity index (χ0v) is 19.4. The van der Waals surface area contributed by atoms with E-state index in [2.05, 4.69) is 5.32 Å². The van der Waals surface area contributed by atoms with Gasteiger partial charge in [-0.15, -0.1) is 0 Å². The molecular weight excluding hydrogens is 451 g/mol. The molecule has 0 spiro atoms. The lowest BCUT2D eigenvalue weighted by Crippen LogP contribution is -2.10. The van der Waals surface area contributed by atoms with Crippen LogP contribution in [-0.4, -0.2) is 17.4 Å². The number of anilines is 1. The summed E-state index contributed by atoms with van der Waals surface area (Å²) in [5.41, 5.74) is 4.58. The highest BCUT2D eigenvalue weighted by Gasteiger charge is 2.16. The van der Waals surface area contributed by atoms with Crippen LogP contribution in [0.3, 0.4) is 0 Å². The number of nitrogens with zero attached hydrogens (tertiary/aromatic N) is 1. The molecule has 0 aliphatic heterocycles. The quantitative estimate of drug-likeness (QED) is 0.179. The van der Waals surface area contributed by atoms with E-state index in [1.807, 2.05) is 13.0 Å². The summed E-state index contributed by atoms with van der Waals surface area (Å²) in [7, 11) is 0. The van der Waals surface area contributed by atoms with E-state index in [-0.39, 0.29) is 17.4 Å². The summed E-state index contributed by atoms with van der Waals surface area (Å²) < 4.78 is 24.9. The van der Waals surface area contributed by atoms with E-state index in [1.165, 1.54) is 36.4 Å². The van der Waals surface area contributed by atoms with Crippen molar-refractivity contribution in [2.24, 2.45) is 0 Å². The van der Waals surface area contributed by atoms with Gasteiger partial charge in [-0.25, -0.2) is 4.39 Å². The zero-order chi connectivity index (χ0) is 25.1. The number of hydrogen-bond donors (Lipinski definition) is 1. The summed E-state index contributed by atoms with van der Waals surface area (Å²) in [4.78, 5) is 23.2. The van der Waals surface area contributed by atoms with Gasteiger partial charge < -0.3 is 14.5 Å². The van der Waals surface area contributed by atoms with Crippen molar-refractivity contribution in [2.75, 3.05) is 11.9 Å². The lowest BCUT2D eigenvalue weighted by Gasteiger charge is -2.12. The number of rotatable bonds is 7. The van der Waals surface area contributed by atoms with Gasteiger partial charge in [-0.2, -0.15) is 0 Å². The first-order valence-corrected chi connectivity index (χ1v) is 11.0. The molecule has 178 valence electrons. The molecule has 4 aromatic rings.